The lowest BCUT2D eigenvalue weighted by Gasteiger charge is -2.38. The normalized spacial score (nSPS) is 21.4. The maximum atomic E-state index is 12.9. The van der Waals surface area contributed by atoms with E-state index in [1.54, 1.807) is 0 Å². The molecule has 1 aromatic heterocycles. The van der Waals surface area contributed by atoms with Crippen molar-refractivity contribution in [2.45, 2.75) is 44.6 Å². The van der Waals surface area contributed by atoms with E-state index in [9.17, 15) is 14.4 Å². The summed E-state index contributed by atoms with van der Waals surface area (Å²) in [6.45, 7) is 4.49. The SMILES string of the molecule is O=C(NC1CCN(C(=O)C2CCN(C(=O)N3CCCC3)CC2)CC1)c1ccsc1. The summed E-state index contributed by atoms with van der Waals surface area (Å²) in [5.74, 6) is 0.224. The van der Waals surface area contributed by atoms with Crippen molar-refractivity contribution in [3.63, 3.8) is 0 Å². The molecule has 158 valence electrons. The van der Waals surface area contributed by atoms with Gasteiger partial charge in [0.15, 0.2) is 0 Å². The van der Waals surface area contributed by atoms with Crippen LogP contribution in [0.3, 0.4) is 0 Å². The Morgan fingerprint density at radius 3 is 2.10 bits per heavy atom. The minimum Gasteiger partial charge on any atom is -0.349 e. The third-order valence-corrected chi connectivity index (χ3v) is 7.10. The number of piperidine rings is 2. The van der Waals surface area contributed by atoms with Crippen molar-refractivity contribution in [1.29, 1.82) is 0 Å². The molecule has 3 fully saturated rings. The highest BCUT2D eigenvalue weighted by molar-refractivity contribution is 7.08. The number of rotatable bonds is 3. The van der Waals surface area contributed by atoms with Gasteiger partial charge in [-0.2, -0.15) is 11.3 Å². The van der Waals surface area contributed by atoms with Crippen LogP contribution in [0.15, 0.2) is 16.8 Å². The molecule has 1 aromatic rings. The van der Waals surface area contributed by atoms with E-state index in [1.807, 2.05) is 31.5 Å². The van der Waals surface area contributed by atoms with E-state index in [1.165, 1.54) is 11.3 Å². The van der Waals surface area contributed by atoms with Gasteiger partial charge in [0.2, 0.25) is 5.91 Å². The molecule has 4 amide bonds. The summed E-state index contributed by atoms with van der Waals surface area (Å²) < 4.78 is 0. The first kappa shape index (κ1) is 20.2. The number of thiophene rings is 1. The zero-order valence-electron chi connectivity index (χ0n) is 16.8. The van der Waals surface area contributed by atoms with Crippen LogP contribution in [-0.2, 0) is 4.79 Å². The largest absolute Gasteiger partial charge is 0.349 e. The molecule has 0 bridgehead atoms. The van der Waals surface area contributed by atoms with Gasteiger partial charge in [0.25, 0.3) is 5.91 Å². The van der Waals surface area contributed by atoms with Gasteiger partial charge in [0, 0.05) is 62.2 Å². The minimum atomic E-state index is -0.0222. The van der Waals surface area contributed by atoms with Gasteiger partial charge in [-0.1, -0.05) is 0 Å². The first-order valence-electron chi connectivity index (χ1n) is 10.8. The molecular formula is C21H30N4O3S. The highest BCUT2D eigenvalue weighted by atomic mass is 32.1. The number of nitrogens with one attached hydrogen (secondary N) is 1. The Labute approximate surface area is 176 Å². The Morgan fingerprint density at radius 2 is 1.48 bits per heavy atom. The van der Waals surface area contributed by atoms with E-state index in [0.717, 1.165) is 51.6 Å². The summed E-state index contributed by atoms with van der Waals surface area (Å²) in [5, 5.41) is 6.85. The van der Waals surface area contributed by atoms with Crippen molar-refractivity contribution in [3.05, 3.63) is 22.4 Å². The van der Waals surface area contributed by atoms with Crippen molar-refractivity contribution in [1.82, 2.24) is 20.0 Å². The number of carbonyl (C=O) groups is 3. The molecule has 4 rings (SSSR count). The second-order valence-electron chi connectivity index (χ2n) is 8.32. The Balaban J connectivity index is 1.20. The predicted molar refractivity (Wildman–Crippen MR) is 112 cm³/mol. The number of hydrogen-bond donors (Lipinski definition) is 1. The molecule has 0 aromatic carbocycles. The van der Waals surface area contributed by atoms with E-state index < -0.39 is 0 Å². The van der Waals surface area contributed by atoms with Crippen LogP contribution in [0.5, 0.6) is 0 Å². The fourth-order valence-electron chi connectivity index (χ4n) is 4.59. The Hall–Kier alpha value is -2.09. The Kier molecular flexibility index (Phi) is 6.37. The van der Waals surface area contributed by atoms with Gasteiger partial charge in [-0.3, -0.25) is 9.59 Å². The third-order valence-electron chi connectivity index (χ3n) is 6.42. The number of likely N-dealkylation sites (tertiary alicyclic amines) is 3. The monoisotopic (exact) mass is 418 g/mol. The summed E-state index contributed by atoms with van der Waals surface area (Å²) in [5.41, 5.74) is 0.712. The van der Waals surface area contributed by atoms with Crippen LogP contribution in [0.25, 0.3) is 0 Å². The average molecular weight is 419 g/mol. The fraction of sp³-hybridized carbons (Fsp3) is 0.667. The first-order chi connectivity index (χ1) is 14.1. The van der Waals surface area contributed by atoms with Crippen molar-refractivity contribution >= 4 is 29.2 Å². The highest BCUT2D eigenvalue weighted by Gasteiger charge is 2.33. The molecule has 0 saturated carbocycles. The molecule has 29 heavy (non-hydrogen) atoms. The molecular weight excluding hydrogens is 388 g/mol. The molecule has 7 nitrogen and oxygen atoms in total. The van der Waals surface area contributed by atoms with Crippen molar-refractivity contribution in [2.24, 2.45) is 5.92 Å². The summed E-state index contributed by atoms with van der Waals surface area (Å²) in [6, 6.07) is 2.11. The molecule has 3 aliphatic rings. The zero-order chi connectivity index (χ0) is 20.2. The lowest BCUT2D eigenvalue weighted by Crippen LogP contribution is -2.51. The van der Waals surface area contributed by atoms with E-state index in [0.29, 0.717) is 31.7 Å². The van der Waals surface area contributed by atoms with Gasteiger partial charge in [0.05, 0.1) is 0 Å². The Bertz CT molecular complexity index is 716. The van der Waals surface area contributed by atoms with Crippen LogP contribution in [0.2, 0.25) is 0 Å². The number of amides is 4. The van der Waals surface area contributed by atoms with Gasteiger partial charge in [-0.05, 0) is 50.0 Å². The van der Waals surface area contributed by atoms with E-state index in [-0.39, 0.29) is 29.8 Å². The van der Waals surface area contributed by atoms with Gasteiger partial charge in [-0.25, -0.2) is 4.79 Å². The summed E-state index contributed by atoms with van der Waals surface area (Å²) in [7, 11) is 0. The van der Waals surface area contributed by atoms with E-state index in [4.69, 9.17) is 0 Å². The molecule has 1 N–H and O–H groups in total. The van der Waals surface area contributed by atoms with Crippen LogP contribution < -0.4 is 5.32 Å². The van der Waals surface area contributed by atoms with Gasteiger partial charge >= 0.3 is 6.03 Å². The third kappa shape index (κ3) is 4.74. The molecule has 3 aliphatic heterocycles. The molecule has 3 saturated heterocycles. The molecule has 8 heteroatoms. The zero-order valence-corrected chi connectivity index (χ0v) is 17.7. The van der Waals surface area contributed by atoms with Gasteiger partial charge in [0.1, 0.15) is 0 Å². The second-order valence-corrected chi connectivity index (χ2v) is 9.10. The van der Waals surface area contributed by atoms with Crippen LogP contribution in [0.4, 0.5) is 4.79 Å². The van der Waals surface area contributed by atoms with Crippen LogP contribution in [0, 0.1) is 5.92 Å². The summed E-state index contributed by atoms with van der Waals surface area (Å²) in [4.78, 5) is 43.4. The number of nitrogens with zero attached hydrogens (tertiary/aromatic N) is 3. The standard InChI is InChI=1S/C21H30N4O3S/c26-19(17-7-14-29-15-17)22-18-5-12-23(13-6-18)20(27)16-3-10-25(11-4-16)21(28)24-8-1-2-9-24/h7,14-16,18H,1-6,8-13H2,(H,22,26). The van der Waals surface area contributed by atoms with Gasteiger partial charge < -0.3 is 20.0 Å². The molecule has 0 spiro atoms. The fourth-order valence-corrected chi connectivity index (χ4v) is 5.23. The van der Waals surface area contributed by atoms with E-state index >= 15 is 0 Å². The summed E-state index contributed by atoms with van der Waals surface area (Å²) >= 11 is 1.52. The molecule has 0 atom stereocenters. The average Bonchev–Trinajstić information content (AvgIpc) is 3.48. The maximum Gasteiger partial charge on any atom is 0.319 e. The molecule has 4 heterocycles. The van der Waals surface area contributed by atoms with Crippen LogP contribution in [0.1, 0.15) is 48.9 Å². The summed E-state index contributed by atoms with van der Waals surface area (Å²) in [6.07, 6.45) is 5.32. The highest BCUT2D eigenvalue weighted by Crippen LogP contribution is 2.24. The quantitative estimate of drug-likeness (QED) is 0.819. The number of hydrogen-bond acceptors (Lipinski definition) is 4. The van der Waals surface area contributed by atoms with Crippen molar-refractivity contribution < 1.29 is 14.4 Å². The van der Waals surface area contributed by atoms with Gasteiger partial charge in [-0.15, -0.1) is 0 Å². The minimum absolute atomic E-state index is 0.0222. The van der Waals surface area contributed by atoms with Crippen LogP contribution in [-0.4, -0.2) is 77.9 Å². The first-order valence-corrected chi connectivity index (χ1v) is 11.7. The lowest BCUT2D eigenvalue weighted by molar-refractivity contribution is -0.138. The smallest absolute Gasteiger partial charge is 0.319 e. The predicted octanol–water partition coefficient (Wildman–Crippen LogP) is 2.40. The number of carbonyl (C=O) groups excluding carboxylic acids is 3. The lowest BCUT2D eigenvalue weighted by atomic mass is 9.94. The molecule has 0 unspecified atom stereocenters. The van der Waals surface area contributed by atoms with Crippen LogP contribution >= 0.6 is 11.3 Å². The second kappa shape index (κ2) is 9.15. The van der Waals surface area contributed by atoms with Crippen molar-refractivity contribution in [2.75, 3.05) is 39.3 Å². The van der Waals surface area contributed by atoms with Crippen molar-refractivity contribution in [3.8, 4) is 0 Å². The molecule has 0 radical (unpaired) electrons. The van der Waals surface area contributed by atoms with E-state index in [2.05, 4.69) is 5.32 Å². The Morgan fingerprint density at radius 1 is 0.862 bits per heavy atom. The topological polar surface area (TPSA) is 73.0 Å². The maximum absolute atomic E-state index is 12.9. The number of urea groups is 1. The molecule has 0 aliphatic carbocycles.